The van der Waals surface area contributed by atoms with Gasteiger partial charge in [0.1, 0.15) is 18.1 Å². The Morgan fingerprint density at radius 3 is 2.12 bits per heavy atom. The summed E-state index contributed by atoms with van der Waals surface area (Å²) in [5.74, 6) is 4.61. The van der Waals surface area contributed by atoms with Crippen LogP contribution in [0.4, 0.5) is 0 Å². The first kappa shape index (κ1) is 30.7. The number of piperidine rings is 1. The fourth-order valence-electron chi connectivity index (χ4n) is 8.96. The van der Waals surface area contributed by atoms with Gasteiger partial charge >= 0.3 is 0 Å². The van der Waals surface area contributed by atoms with E-state index >= 15 is 0 Å². The summed E-state index contributed by atoms with van der Waals surface area (Å²) in [7, 11) is 1.70. The molecular formula is C37H48ClNO4. The van der Waals surface area contributed by atoms with Crippen LogP contribution >= 0.6 is 12.4 Å². The van der Waals surface area contributed by atoms with Crippen LogP contribution in [0, 0.1) is 17.8 Å². The molecule has 4 bridgehead atoms. The molecule has 3 aromatic carbocycles. The lowest BCUT2D eigenvalue weighted by Crippen LogP contribution is -2.48. The molecule has 4 aliphatic carbocycles. The standard InChI is InChI=1S/C37H47NO4.ClH/c1-39-15-16-40-26-42-36-22-32-6-5-31(30-7-9-34(10-8-30)41-14-13-38-11-3-2-4-12-38)20-33(32)21-35(36)37-23-27-17-28(24-37)19-29(18-27)25-37;/h5-10,20-22,27-29H,2-4,11-19,23-26H2,1H3;1H. The average Bonchev–Trinajstić information content (AvgIpc) is 3.00. The second kappa shape index (κ2) is 13.8. The lowest BCUT2D eigenvalue weighted by atomic mass is 9.48. The minimum atomic E-state index is 0. The first-order valence-electron chi connectivity index (χ1n) is 16.4. The van der Waals surface area contributed by atoms with Gasteiger partial charge in [0.05, 0.1) is 13.2 Å². The summed E-state index contributed by atoms with van der Waals surface area (Å²) in [6.45, 7) is 5.58. The third-order valence-electron chi connectivity index (χ3n) is 10.6. The Hall–Kier alpha value is -2.31. The molecule has 1 saturated heterocycles. The largest absolute Gasteiger partial charge is 0.492 e. The average molecular weight is 606 g/mol. The Kier molecular flexibility index (Phi) is 9.83. The van der Waals surface area contributed by atoms with Gasteiger partial charge in [-0.05, 0) is 140 Å². The number of halogens is 1. The van der Waals surface area contributed by atoms with Crippen LogP contribution in [0.3, 0.4) is 0 Å². The number of nitrogens with zero attached hydrogens (tertiary/aromatic N) is 1. The highest BCUT2D eigenvalue weighted by Crippen LogP contribution is 2.62. The zero-order valence-electron chi connectivity index (χ0n) is 25.7. The van der Waals surface area contributed by atoms with Crippen LogP contribution in [0.5, 0.6) is 11.5 Å². The number of rotatable bonds is 12. The monoisotopic (exact) mass is 605 g/mol. The highest BCUT2D eigenvalue weighted by Gasteiger charge is 2.52. The molecule has 232 valence electrons. The third kappa shape index (κ3) is 6.86. The topological polar surface area (TPSA) is 40.2 Å². The van der Waals surface area contributed by atoms with E-state index in [2.05, 4.69) is 59.5 Å². The number of hydrogen-bond acceptors (Lipinski definition) is 5. The molecule has 0 amide bonds. The summed E-state index contributed by atoms with van der Waals surface area (Å²) in [6, 6.07) is 20.2. The zero-order valence-corrected chi connectivity index (χ0v) is 26.5. The van der Waals surface area contributed by atoms with Crippen molar-refractivity contribution in [1.29, 1.82) is 0 Å². The van der Waals surface area contributed by atoms with Crippen LogP contribution in [0.2, 0.25) is 0 Å². The molecular weight excluding hydrogens is 558 g/mol. The van der Waals surface area contributed by atoms with Gasteiger partial charge in [-0.25, -0.2) is 0 Å². The molecule has 0 spiro atoms. The number of benzene rings is 3. The first-order chi connectivity index (χ1) is 20.7. The molecule has 6 heteroatoms. The van der Waals surface area contributed by atoms with Crippen molar-refractivity contribution in [1.82, 2.24) is 4.90 Å². The summed E-state index contributed by atoms with van der Waals surface area (Å²) >= 11 is 0. The summed E-state index contributed by atoms with van der Waals surface area (Å²) in [5.41, 5.74) is 4.13. The molecule has 0 unspecified atom stereocenters. The molecule has 8 rings (SSSR count). The molecule has 0 aromatic heterocycles. The number of methoxy groups -OCH3 is 1. The van der Waals surface area contributed by atoms with Crippen molar-refractivity contribution in [2.45, 2.75) is 63.2 Å². The quantitative estimate of drug-likeness (QED) is 0.153. The molecule has 0 atom stereocenters. The van der Waals surface area contributed by atoms with Crippen LogP contribution < -0.4 is 9.47 Å². The molecule has 5 fully saturated rings. The van der Waals surface area contributed by atoms with E-state index in [1.54, 1.807) is 7.11 Å². The Morgan fingerprint density at radius 2 is 1.42 bits per heavy atom. The zero-order chi connectivity index (χ0) is 28.4. The van der Waals surface area contributed by atoms with Gasteiger partial charge in [0.15, 0.2) is 6.79 Å². The van der Waals surface area contributed by atoms with E-state index in [4.69, 9.17) is 18.9 Å². The van der Waals surface area contributed by atoms with Crippen LogP contribution in [0.1, 0.15) is 63.4 Å². The van der Waals surface area contributed by atoms with E-state index in [1.165, 1.54) is 98.3 Å². The van der Waals surface area contributed by atoms with E-state index in [-0.39, 0.29) is 24.6 Å². The maximum Gasteiger partial charge on any atom is 0.189 e. The molecule has 5 aliphatic rings. The second-order valence-corrected chi connectivity index (χ2v) is 13.5. The first-order valence-corrected chi connectivity index (χ1v) is 16.4. The lowest BCUT2D eigenvalue weighted by molar-refractivity contribution is -0.0188. The van der Waals surface area contributed by atoms with Crippen molar-refractivity contribution in [2.24, 2.45) is 17.8 Å². The van der Waals surface area contributed by atoms with E-state index in [9.17, 15) is 0 Å². The van der Waals surface area contributed by atoms with Crippen molar-refractivity contribution >= 4 is 23.2 Å². The minimum Gasteiger partial charge on any atom is -0.492 e. The van der Waals surface area contributed by atoms with Gasteiger partial charge in [-0.1, -0.05) is 30.7 Å². The number of likely N-dealkylation sites (tertiary alicyclic amines) is 1. The van der Waals surface area contributed by atoms with Crippen molar-refractivity contribution in [3.63, 3.8) is 0 Å². The molecule has 1 heterocycles. The SMILES string of the molecule is COCCOCOc1cc2ccc(-c3ccc(OCCN4CCCCC4)cc3)cc2cc1C12CC3CC(CC(C3)C1)C2.Cl. The summed E-state index contributed by atoms with van der Waals surface area (Å²) in [5, 5.41) is 2.52. The molecule has 0 N–H and O–H groups in total. The fourth-order valence-corrected chi connectivity index (χ4v) is 8.96. The minimum absolute atomic E-state index is 0. The normalized spacial score (nSPS) is 26.4. The van der Waals surface area contributed by atoms with E-state index < -0.39 is 0 Å². The van der Waals surface area contributed by atoms with Gasteiger partial charge in [0.2, 0.25) is 0 Å². The molecule has 43 heavy (non-hydrogen) atoms. The second-order valence-electron chi connectivity index (χ2n) is 13.5. The Labute approximate surface area is 263 Å². The van der Waals surface area contributed by atoms with Crippen LogP contribution in [0.25, 0.3) is 21.9 Å². The van der Waals surface area contributed by atoms with Gasteiger partial charge in [-0.3, -0.25) is 4.90 Å². The van der Waals surface area contributed by atoms with E-state index in [0.717, 1.165) is 42.4 Å². The van der Waals surface area contributed by atoms with E-state index in [0.29, 0.717) is 13.2 Å². The van der Waals surface area contributed by atoms with Gasteiger partial charge in [0.25, 0.3) is 0 Å². The third-order valence-corrected chi connectivity index (χ3v) is 10.6. The van der Waals surface area contributed by atoms with Crippen LogP contribution in [0.15, 0.2) is 54.6 Å². The van der Waals surface area contributed by atoms with Crippen molar-refractivity contribution in [2.75, 3.05) is 53.4 Å². The number of fused-ring (bicyclic) bond motifs is 1. The predicted octanol–water partition coefficient (Wildman–Crippen LogP) is 8.26. The number of hydrogen-bond donors (Lipinski definition) is 0. The maximum absolute atomic E-state index is 6.39. The maximum atomic E-state index is 6.39. The summed E-state index contributed by atoms with van der Waals surface area (Å²) in [4.78, 5) is 2.52. The predicted molar refractivity (Wildman–Crippen MR) is 176 cm³/mol. The van der Waals surface area contributed by atoms with Gasteiger partial charge in [-0.2, -0.15) is 0 Å². The van der Waals surface area contributed by atoms with Crippen molar-refractivity contribution in [3.8, 4) is 22.6 Å². The lowest BCUT2D eigenvalue weighted by Gasteiger charge is -2.57. The van der Waals surface area contributed by atoms with Gasteiger partial charge in [-0.15, -0.1) is 12.4 Å². The molecule has 1 aliphatic heterocycles. The molecule has 0 radical (unpaired) electrons. The smallest absolute Gasteiger partial charge is 0.189 e. The van der Waals surface area contributed by atoms with E-state index in [1.807, 2.05) is 0 Å². The highest BCUT2D eigenvalue weighted by atomic mass is 35.5. The Balaban J connectivity index is 0.00000329. The van der Waals surface area contributed by atoms with Crippen molar-refractivity contribution in [3.05, 3.63) is 60.2 Å². The highest BCUT2D eigenvalue weighted by molar-refractivity contribution is 5.89. The summed E-state index contributed by atoms with van der Waals surface area (Å²) < 4.78 is 23.4. The number of ether oxygens (including phenoxy) is 4. The fraction of sp³-hybridized carbons (Fsp3) is 0.568. The van der Waals surface area contributed by atoms with Gasteiger partial charge < -0.3 is 18.9 Å². The van der Waals surface area contributed by atoms with Gasteiger partial charge in [0, 0.05) is 19.2 Å². The Morgan fingerprint density at radius 1 is 0.721 bits per heavy atom. The van der Waals surface area contributed by atoms with Crippen LogP contribution in [-0.4, -0.2) is 58.3 Å². The Bertz CT molecular complexity index is 1320. The summed E-state index contributed by atoms with van der Waals surface area (Å²) in [6.07, 6.45) is 12.3. The van der Waals surface area contributed by atoms with Crippen LogP contribution in [-0.2, 0) is 14.9 Å². The van der Waals surface area contributed by atoms with Crippen molar-refractivity contribution < 1.29 is 18.9 Å². The molecule has 3 aromatic rings. The molecule has 4 saturated carbocycles. The molecule has 5 nitrogen and oxygen atoms in total.